The minimum absolute atomic E-state index is 0. The Morgan fingerprint density at radius 2 is 1.47 bits per heavy atom. The number of H-pyrrole nitrogens is 2. The third-order valence-electron chi connectivity index (χ3n) is 5.36. The maximum atomic E-state index is 5.80. The molecule has 4 aromatic rings. The number of aromatic amines is 2. The SMILES string of the molecule is Cc1ncc(C2OCCc3ccsc32)[nH]1.Cc1ncc(C2OCCc3sccc32)[nH]1.Cl.Cl. The zero-order valence-electron chi connectivity index (χ0n) is 17.8. The normalized spacial score (nSPS) is 18.9. The topological polar surface area (TPSA) is 75.8 Å². The van der Waals surface area contributed by atoms with Crippen molar-refractivity contribution in [3.8, 4) is 0 Å². The van der Waals surface area contributed by atoms with Crippen LogP contribution in [0.25, 0.3) is 0 Å². The van der Waals surface area contributed by atoms with Crippen molar-refractivity contribution in [3.63, 3.8) is 0 Å². The second-order valence-corrected chi connectivity index (χ2v) is 9.41. The molecule has 0 radical (unpaired) electrons. The van der Waals surface area contributed by atoms with E-state index in [1.807, 2.05) is 37.6 Å². The molecule has 2 N–H and O–H groups in total. The molecule has 32 heavy (non-hydrogen) atoms. The zero-order chi connectivity index (χ0) is 20.5. The molecule has 6 rings (SSSR count). The van der Waals surface area contributed by atoms with E-state index in [2.05, 4.69) is 42.8 Å². The Bertz CT molecular complexity index is 1050. The van der Waals surface area contributed by atoms with Gasteiger partial charge in [0.05, 0.1) is 37.0 Å². The van der Waals surface area contributed by atoms with Crippen molar-refractivity contribution in [1.29, 1.82) is 0 Å². The Morgan fingerprint density at radius 1 is 0.844 bits per heavy atom. The predicted molar refractivity (Wildman–Crippen MR) is 133 cm³/mol. The quantitative estimate of drug-likeness (QED) is 0.359. The van der Waals surface area contributed by atoms with Gasteiger partial charge in [0.2, 0.25) is 0 Å². The molecule has 2 atom stereocenters. The van der Waals surface area contributed by atoms with Gasteiger partial charge >= 0.3 is 0 Å². The Labute approximate surface area is 207 Å². The van der Waals surface area contributed by atoms with Crippen molar-refractivity contribution in [1.82, 2.24) is 19.9 Å². The van der Waals surface area contributed by atoms with E-state index in [-0.39, 0.29) is 37.0 Å². The summed E-state index contributed by atoms with van der Waals surface area (Å²) >= 11 is 3.58. The van der Waals surface area contributed by atoms with Crippen molar-refractivity contribution >= 4 is 47.5 Å². The number of halogens is 2. The molecule has 0 amide bonds. The molecule has 0 aliphatic carbocycles. The van der Waals surface area contributed by atoms with Gasteiger partial charge in [-0.15, -0.1) is 47.5 Å². The fourth-order valence-electron chi connectivity index (χ4n) is 3.93. The van der Waals surface area contributed by atoms with Crippen LogP contribution in [0, 0.1) is 13.8 Å². The van der Waals surface area contributed by atoms with E-state index in [0.717, 1.165) is 49.1 Å². The maximum absolute atomic E-state index is 5.80. The molecule has 2 unspecified atom stereocenters. The third kappa shape index (κ3) is 5.11. The molecule has 0 saturated heterocycles. The van der Waals surface area contributed by atoms with E-state index in [4.69, 9.17) is 9.47 Å². The van der Waals surface area contributed by atoms with Crippen molar-refractivity contribution in [2.75, 3.05) is 13.2 Å². The van der Waals surface area contributed by atoms with Gasteiger partial charge in [-0.3, -0.25) is 0 Å². The lowest BCUT2D eigenvalue weighted by Gasteiger charge is -2.22. The molecule has 2 aliphatic heterocycles. The molecule has 0 aromatic carbocycles. The van der Waals surface area contributed by atoms with Crippen LogP contribution in [0.15, 0.2) is 35.3 Å². The summed E-state index contributed by atoms with van der Waals surface area (Å²) < 4.78 is 11.6. The largest absolute Gasteiger partial charge is 0.367 e. The highest BCUT2D eigenvalue weighted by atomic mass is 35.5. The molecule has 172 valence electrons. The highest BCUT2D eigenvalue weighted by Gasteiger charge is 2.25. The van der Waals surface area contributed by atoms with Crippen LogP contribution in [0.1, 0.15) is 56.1 Å². The Kier molecular flexibility index (Phi) is 8.55. The van der Waals surface area contributed by atoms with Gasteiger partial charge in [-0.05, 0) is 48.7 Å². The number of hydrogen-bond donors (Lipinski definition) is 2. The van der Waals surface area contributed by atoms with E-state index in [1.54, 1.807) is 11.3 Å². The number of rotatable bonds is 2. The van der Waals surface area contributed by atoms with Gasteiger partial charge in [0.15, 0.2) is 0 Å². The van der Waals surface area contributed by atoms with Crippen molar-refractivity contribution in [2.45, 2.75) is 38.9 Å². The fraction of sp³-hybridized carbons (Fsp3) is 0.364. The van der Waals surface area contributed by atoms with E-state index in [0.29, 0.717) is 0 Å². The number of nitrogens with one attached hydrogen (secondary N) is 2. The molecule has 0 bridgehead atoms. The molecule has 0 spiro atoms. The number of hydrogen-bond acceptors (Lipinski definition) is 6. The second-order valence-electron chi connectivity index (χ2n) is 7.46. The second kappa shape index (κ2) is 11.0. The summed E-state index contributed by atoms with van der Waals surface area (Å²) in [7, 11) is 0. The lowest BCUT2D eigenvalue weighted by atomic mass is 10.0. The van der Waals surface area contributed by atoms with Crippen LogP contribution in [0.4, 0.5) is 0 Å². The number of aromatic nitrogens is 4. The molecule has 10 heteroatoms. The average Bonchev–Trinajstić information content (AvgIpc) is 3.54. The van der Waals surface area contributed by atoms with Crippen LogP contribution in [-0.4, -0.2) is 33.1 Å². The highest BCUT2D eigenvalue weighted by Crippen LogP contribution is 2.36. The predicted octanol–water partition coefficient (Wildman–Crippen LogP) is 5.73. The molecule has 6 heterocycles. The van der Waals surface area contributed by atoms with E-state index >= 15 is 0 Å². The van der Waals surface area contributed by atoms with Gasteiger partial charge in [-0.2, -0.15) is 0 Å². The van der Waals surface area contributed by atoms with Crippen LogP contribution < -0.4 is 0 Å². The Morgan fingerprint density at radius 3 is 2.16 bits per heavy atom. The van der Waals surface area contributed by atoms with Crippen molar-refractivity contribution < 1.29 is 9.47 Å². The molecular weight excluding hydrogens is 487 g/mol. The Balaban J connectivity index is 0.000000170. The van der Waals surface area contributed by atoms with Crippen molar-refractivity contribution in [2.24, 2.45) is 0 Å². The summed E-state index contributed by atoms with van der Waals surface area (Å²) in [6.45, 7) is 5.52. The van der Waals surface area contributed by atoms with Crippen LogP contribution in [0.3, 0.4) is 0 Å². The first-order chi connectivity index (χ1) is 14.7. The first-order valence-corrected chi connectivity index (χ1v) is 11.8. The first-order valence-electron chi connectivity index (χ1n) is 10.1. The van der Waals surface area contributed by atoms with Crippen LogP contribution in [0.5, 0.6) is 0 Å². The van der Waals surface area contributed by atoms with Gasteiger partial charge in [0, 0.05) is 21.7 Å². The monoisotopic (exact) mass is 512 g/mol. The number of imidazole rings is 2. The summed E-state index contributed by atoms with van der Waals surface area (Å²) in [5.74, 6) is 1.88. The van der Waals surface area contributed by atoms with Crippen LogP contribution in [0.2, 0.25) is 0 Å². The highest BCUT2D eigenvalue weighted by molar-refractivity contribution is 7.10. The smallest absolute Gasteiger partial charge is 0.133 e. The third-order valence-corrected chi connectivity index (χ3v) is 7.36. The molecule has 6 nitrogen and oxygen atoms in total. The van der Waals surface area contributed by atoms with Crippen molar-refractivity contribution in [3.05, 3.63) is 79.2 Å². The van der Waals surface area contributed by atoms with Gasteiger partial charge < -0.3 is 19.4 Å². The minimum Gasteiger partial charge on any atom is -0.367 e. The summed E-state index contributed by atoms with van der Waals surface area (Å²) in [5.41, 5.74) is 4.85. The Hall–Kier alpha value is -1.68. The molecule has 4 aromatic heterocycles. The fourth-order valence-corrected chi connectivity index (χ4v) is 5.84. The lowest BCUT2D eigenvalue weighted by molar-refractivity contribution is 0.0686. The lowest BCUT2D eigenvalue weighted by Crippen LogP contribution is -2.15. The van der Waals surface area contributed by atoms with Gasteiger partial charge in [0.1, 0.15) is 23.9 Å². The number of ether oxygens (including phenoxy) is 2. The van der Waals surface area contributed by atoms with Gasteiger partial charge in [-0.25, -0.2) is 9.97 Å². The average molecular weight is 514 g/mol. The van der Waals surface area contributed by atoms with Crippen LogP contribution in [-0.2, 0) is 22.3 Å². The summed E-state index contributed by atoms with van der Waals surface area (Å²) in [4.78, 5) is 17.7. The van der Waals surface area contributed by atoms with E-state index in [1.165, 1.54) is 20.9 Å². The number of aryl methyl sites for hydroxylation is 2. The van der Waals surface area contributed by atoms with E-state index in [9.17, 15) is 0 Å². The molecule has 2 aliphatic rings. The number of fused-ring (bicyclic) bond motifs is 2. The zero-order valence-corrected chi connectivity index (χ0v) is 21.1. The minimum atomic E-state index is 0. The molecule has 0 saturated carbocycles. The number of nitrogens with zero attached hydrogens (tertiary/aromatic N) is 2. The van der Waals surface area contributed by atoms with Gasteiger partial charge in [-0.1, -0.05) is 0 Å². The van der Waals surface area contributed by atoms with Gasteiger partial charge in [0.25, 0.3) is 0 Å². The number of thiophene rings is 2. The summed E-state index contributed by atoms with van der Waals surface area (Å²) in [6, 6.07) is 4.35. The maximum Gasteiger partial charge on any atom is 0.133 e. The first kappa shape index (κ1) is 25.0. The molecule has 0 fully saturated rings. The summed E-state index contributed by atoms with van der Waals surface area (Å²) in [5, 5.41) is 4.27. The summed E-state index contributed by atoms with van der Waals surface area (Å²) in [6.07, 6.45) is 5.93. The molecular formula is C22H26Cl2N4O2S2. The van der Waals surface area contributed by atoms with Crippen LogP contribution >= 0.6 is 47.5 Å². The standard InChI is InChI=1S/2C11H12N2OS.2ClH/c1-7-12-6-9(13-7)11-8-3-5-15-10(8)2-4-14-11;1-7-12-6-9(13-7)10-11-8(2-4-14-10)3-5-15-11;;/h3,5-6,11H,2,4H2,1H3,(H,12,13);3,5-6,10H,2,4H2,1H3,(H,12,13);2*1H. The van der Waals surface area contributed by atoms with E-state index < -0.39 is 0 Å².